The van der Waals surface area contributed by atoms with Gasteiger partial charge in [-0.25, -0.2) is 18.9 Å². The smallest absolute Gasteiger partial charge is 0.357 e. The van der Waals surface area contributed by atoms with Crippen LogP contribution in [0.5, 0.6) is 5.88 Å². The summed E-state index contributed by atoms with van der Waals surface area (Å²) >= 11 is 0. The van der Waals surface area contributed by atoms with Crippen LogP contribution in [-0.4, -0.2) is 38.2 Å². The molecule has 4 heterocycles. The molecule has 1 aliphatic rings. The predicted molar refractivity (Wildman–Crippen MR) is 89.7 cm³/mol. The zero-order chi connectivity index (χ0) is 18.3. The molecule has 0 spiro atoms. The molecule has 3 aromatic rings. The number of aromatic nitrogens is 4. The monoisotopic (exact) mass is 358 g/mol. The van der Waals surface area contributed by atoms with Crippen LogP contribution in [0.3, 0.4) is 0 Å². The number of ether oxygens (including phenoxy) is 1. The van der Waals surface area contributed by atoms with Gasteiger partial charge in [-0.3, -0.25) is 10.1 Å². The molecule has 1 unspecified atom stereocenters. The minimum atomic E-state index is -0.487. The first-order valence-electron chi connectivity index (χ1n) is 8.04. The zero-order valence-corrected chi connectivity index (χ0v) is 13.9. The van der Waals surface area contributed by atoms with E-state index in [4.69, 9.17) is 4.74 Å². The van der Waals surface area contributed by atoms with E-state index in [9.17, 15) is 14.5 Å². The lowest BCUT2D eigenvalue weighted by molar-refractivity contribution is -0.382. The quantitative estimate of drug-likeness (QED) is 0.522. The highest BCUT2D eigenvalue weighted by Crippen LogP contribution is 2.42. The van der Waals surface area contributed by atoms with Crippen LogP contribution in [-0.2, 0) is 0 Å². The van der Waals surface area contributed by atoms with Gasteiger partial charge in [-0.1, -0.05) is 0 Å². The van der Waals surface area contributed by atoms with E-state index in [1.54, 1.807) is 17.2 Å². The molecule has 0 aliphatic carbocycles. The van der Waals surface area contributed by atoms with Crippen LogP contribution in [0.1, 0.15) is 24.4 Å². The molecule has 4 rings (SSSR count). The number of hydrogen-bond acceptors (Lipinski definition) is 7. The fourth-order valence-electron chi connectivity index (χ4n) is 3.42. The Morgan fingerprint density at radius 1 is 1.42 bits per heavy atom. The van der Waals surface area contributed by atoms with Gasteiger partial charge in [0.15, 0.2) is 0 Å². The highest BCUT2D eigenvalue weighted by molar-refractivity contribution is 5.74. The van der Waals surface area contributed by atoms with E-state index in [0.717, 1.165) is 12.6 Å². The van der Waals surface area contributed by atoms with Gasteiger partial charge in [-0.15, -0.1) is 5.10 Å². The summed E-state index contributed by atoms with van der Waals surface area (Å²) in [6, 6.07) is 2.68. The van der Waals surface area contributed by atoms with Gasteiger partial charge in [0, 0.05) is 24.5 Å². The predicted octanol–water partition coefficient (Wildman–Crippen LogP) is 2.52. The zero-order valence-electron chi connectivity index (χ0n) is 13.9. The van der Waals surface area contributed by atoms with Crippen molar-refractivity contribution in [2.24, 2.45) is 0 Å². The minimum Gasteiger partial charge on any atom is -0.481 e. The molecule has 0 radical (unpaired) electrons. The Hall–Kier alpha value is -3.30. The highest BCUT2D eigenvalue weighted by atomic mass is 19.1. The van der Waals surface area contributed by atoms with Gasteiger partial charge in [-0.2, -0.15) is 0 Å². The topological polar surface area (TPSA) is 98.7 Å². The first kappa shape index (κ1) is 16.2. The van der Waals surface area contributed by atoms with E-state index in [-0.39, 0.29) is 23.2 Å². The van der Waals surface area contributed by atoms with Gasteiger partial charge in [0.05, 0.1) is 24.3 Å². The van der Waals surface area contributed by atoms with E-state index in [1.165, 1.54) is 23.9 Å². The number of nitrogens with zero attached hydrogens (tertiary/aromatic N) is 6. The molecular weight excluding hydrogens is 343 g/mol. The third kappa shape index (κ3) is 2.50. The van der Waals surface area contributed by atoms with E-state index >= 15 is 0 Å². The molecule has 1 fully saturated rings. The molecule has 3 aromatic heterocycles. The molecule has 10 heteroatoms. The second-order valence-electron chi connectivity index (χ2n) is 5.92. The van der Waals surface area contributed by atoms with Crippen molar-refractivity contribution >= 4 is 17.2 Å². The lowest BCUT2D eigenvalue weighted by Crippen LogP contribution is -2.24. The van der Waals surface area contributed by atoms with E-state index in [2.05, 4.69) is 15.1 Å². The molecule has 1 atom stereocenters. The fraction of sp³-hybridized carbons (Fsp3) is 0.312. The largest absolute Gasteiger partial charge is 0.481 e. The Balaban J connectivity index is 1.86. The van der Waals surface area contributed by atoms with Gasteiger partial charge in [-0.05, 0) is 25.0 Å². The van der Waals surface area contributed by atoms with Crippen LogP contribution in [0, 0.1) is 15.9 Å². The molecule has 0 N–H and O–H groups in total. The summed E-state index contributed by atoms with van der Waals surface area (Å²) in [5, 5.41) is 16.0. The summed E-state index contributed by atoms with van der Waals surface area (Å²) in [7, 11) is 1.46. The second-order valence-corrected chi connectivity index (χ2v) is 5.92. The Morgan fingerprint density at radius 3 is 3.04 bits per heavy atom. The number of rotatable bonds is 4. The Morgan fingerprint density at radius 2 is 2.27 bits per heavy atom. The number of nitro groups is 1. The number of halogens is 1. The van der Waals surface area contributed by atoms with Crippen LogP contribution >= 0.6 is 0 Å². The van der Waals surface area contributed by atoms with Crippen molar-refractivity contribution in [2.45, 2.75) is 18.9 Å². The normalized spacial score (nSPS) is 17.0. The standard InChI is InChI=1S/C16H15FN6O3/c1-26-16-11(8-10(17)9-19-16)12-4-2-6-21(12)15-13(23(24)25)14-18-5-3-7-22(14)20-15/h3,5,7-9,12H,2,4,6H2,1H3. The first-order valence-corrected chi connectivity index (χ1v) is 8.04. The van der Waals surface area contributed by atoms with Gasteiger partial charge >= 0.3 is 5.69 Å². The summed E-state index contributed by atoms with van der Waals surface area (Å²) < 4.78 is 20.4. The highest BCUT2D eigenvalue weighted by Gasteiger charge is 2.37. The average molecular weight is 358 g/mol. The fourth-order valence-corrected chi connectivity index (χ4v) is 3.42. The van der Waals surface area contributed by atoms with Crippen molar-refractivity contribution in [3.05, 3.63) is 52.2 Å². The molecule has 9 nitrogen and oxygen atoms in total. The summed E-state index contributed by atoms with van der Waals surface area (Å²) in [6.07, 6.45) is 5.63. The van der Waals surface area contributed by atoms with Crippen LogP contribution in [0.2, 0.25) is 0 Å². The number of pyridine rings is 1. The maximum absolute atomic E-state index is 13.8. The second kappa shape index (κ2) is 6.21. The maximum atomic E-state index is 13.8. The average Bonchev–Trinajstić information content (AvgIpc) is 3.25. The molecule has 0 amide bonds. The molecular formula is C16H15FN6O3. The van der Waals surface area contributed by atoms with Crippen LogP contribution in [0.15, 0.2) is 30.7 Å². The summed E-state index contributed by atoms with van der Waals surface area (Å²) in [4.78, 5) is 21.0. The van der Waals surface area contributed by atoms with Crippen LogP contribution in [0.4, 0.5) is 15.9 Å². The minimum absolute atomic E-state index is 0.166. The lowest BCUT2D eigenvalue weighted by Gasteiger charge is -2.25. The number of hydrogen-bond donors (Lipinski definition) is 0. The van der Waals surface area contributed by atoms with Crippen molar-refractivity contribution < 1.29 is 14.1 Å². The molecule has 1 aliphatic heterocycles. The van der Waals surface area contributed by atoms with Crippen molar-refractivity contribution in [3.63, 3.8) is 0 Å². The summed E-state index contributed by atoms with van der Waals surface area (Å²) in [5.74, 6) is 0.0224. The molecule has 1 saturated heterocycles. The SMILES string of the molecule is COc1ncc(F)cc1C1CCCN1c1nn2cccnc2c1[N+](=O)[O-]. The molecule has 26 heavy (non-hydrogen) atoms. The van der Waals surface area contributed by atoms with Crippen LogP contribution < -0.4 is 9.64 Å². The maximum Gasteiger partial charge on any atom is 0.357 e. The summed E-state index contributed by atoms with van der Waals surface area (Å²) in [6.45, 7) is 0.551. The first-order chi connectivity index (χ1) is 12.6. The van der Waals surface area contributed by atoms with Gasteiger partial charge in [0.2, 0.25) is 17.3 Å². The Labute approximate surface area is 147 Å². The van der Waals surface area contributed by atoms with Gasteiger partial charge < -0.3 is 9.64 Å². The number of fused-ring (bicyclic) bond motifs is 1. The van der Waals surface area contributed by atoms with Crippen molar-refractivity contribution in [3.8, 4) is 5.88 Å². The third-order valence-electron chi connectivity index (χ3n) is 4.46. The summed E-state index contributed by atoms with van der Waals surface area (Å²) in [5.41, 5.74) is 0.549. The van der Waals surface area contributed by atoms with E-state index in [0.29, 0.717) is 24.4 Å². The number of anilines is 1. The van der Waals surface area contributed by atoms with Crippen molar-refractivity contribution in [2.75, 3.05) is 18.6 Å². The molecule has 0 aromatic carbocycles. The van der Waals surface area contributed by atoms with Crippen molar-refractivity contribution in [1.82, 2.24) is 19.6 Å². The Bertz CT molecular complexity index is 991. The van der Waals surface area contributed by atoms with Gasteiger partial charge in [0.25, 0.3) is 0 Å². The Kier molecular flexibility index (Phi) is 3.86. The third-order valence-corrected chi connectivity index (χ3v) is 4.46. The van der Waals surface area contributed by atoms with E-state index < -0.39 is 10.7 Å². The molecule has 0 bridgehead atoms. The van der Waals surface area contributed by atoms with Crippen LogP contribution in [0.25, 0.3) is 5.65 Å². The lowest BCUT2D eigenvalue weighted by atomic mass is 10.1. The number of methoxy groups -OCH3 is 1. The van der Waals surface area contributed by atoms with Gasteiger partial charge in [0.1, 0.15) is 5.82 Å². The molecule has 134 valence electrons. The van der Waals surface area contributed by atoms with Crippen molar-refractivity contribution in [1.29, 1.82) is 0 Å². The molecule has 0 saturated carbocycles. The van der Waals surface area contributed by atoms with E-state index in [1.807, 2.05) is 0 Å².